The van der Waals surface area contributed by atoms with Crippen molar-refractivity contribution in [1.82, 2.24) is 10.2 Å². The van der Waals surface area contributed by atoms with Crippen molar-refractivity contribution in [1.29, 1.82) is 0 Å². The van der Waals surface area contributed by atoms with Crippen LogP contribution in [0.1, 0.15) is 33.3 Å². The Bertz CT molecular complexity index is 1210. The zero-order chi connectivity index (χ0) is 26.6. The van der Waals surface area contributed by atoms with Crippen LogP contribution in [-0.4, -0.2) is 54.4 Å². The minimum Gasteiger partial charge on any atom is -0.350 e. The van der Waals surface area contributed by atoms with Crippen molar-refractivity contribution in [2.45, 2.75) is 45.8 Å². The number of anilines is 1. The monoisotopic (exact) mass is 524 g/mol. The quantitative estimate of drug-likeness (QED) is 0.395. The molecule has 0 aliphatic carbocycles. The standard InChI is InChI=1S/C23H29ClN4O6S/c1-16(22(30)25-23(2,3)4)26(14-17-9-6-7-12-20(17)24)21(29)15-27(35(5,33)34)18-10-8-11-19(13-18)28(31)32/h6-13,16H,14-15H2,1-5H3,(H,25,30). The number of rotatable bonds is 9. The average molecular weight is 525 g/mol. The lowest BCUT2D eigenvalue weighted by Gasteiger charge is -2.33. The third-order valence-electron chi connectivity index (χ3n) is 4.97. The maximum absolute atomic E-state index is 13.5. The van der Waals surface area contributed by atoms with Crippen LogP contribution in [0.2, 0.25) is 5.02 Å². The van der Waals surface area contributed by atoms with Gasteiger partial charge in [-0.25, -0.2) is 8.42 Å². The largest absolute Gasteiger partial charge is 0.350 e. The second-order valence-electron chi connectivity index (χ2n) is 9.07. The molecule has 0 aliphatic heterocycles. The van der Waals surface area contributed by atoms with E-state index in [-0.39, 0.29) is 17.9 Å². The van der Waals surface area contributed by atoms with Crippen molar-refractivity contribution in [3.8, 4) is 0 Å². The molecular formula is C23H29ClN4O6S. The molecule has 190 valence electrons. The molecule has 0 aliphatic rings. The Kier molecular flexibility index (Phi) is 8.85. The number of amides is 2. The number of nitro groups is 1. The summed E-state index contributed by atoms with van der Waals surface area (Å²) in [6.07, 6.45) is 0.896. The van der Waals surface area contributed by atoms with Gasteiger partial charge in [-0.3, -0.25) is 24.0 Å². The molecule has 0 aromatic heterocycles. The molecule has 1 N–H and O–H groups in total. The Morgan fingerprint density at radius 3 is 2.31 bits per heavy atom. The van der Waals surface area contributed by atoms with Crippen molar-refractivity contribution in [2.24, 2.45) is 0 Å². The highest BCUT2D eigenvalue weighted by Gasteiger charge is 2.32. The predicted octanol–water partition coefficient (Wildman–Crippen LogP) is 3.35. The van der Waals surface area contributed by atoms with E-state index < -0.39 is 44.9 Å². The van der Waals surface area contributed by atoms with E-state index in [0.29, 0.717) is 10.6 Å². The van der Waals surface area contributed by atoms with E-state index in [9.17, 15) is 28.1 Å². The summed E-state index contributed by atoms with van der Waals surface area (Å²) < 4.78 is 25.9. The molecule has 0 saturated heterocycles. The van der Waals surface area contributed by atoms with Crippen molar-refractivity contribution in [3.63, 3.8) is 0 Å². The molecule has 0 radical (unpaired) electrons. The molecule has 2 aromatic rings. The topological polar surface area (TPSA) is 130 Å². The van der Waals surface area contributed by atoms with Crippen molar-refractivity contribution in [2.75, 3.05) is 17.1 Å². The van der Waals surface area contributed by atoms with Crippen LogP contribution in [-0.2, 0) is 26.2 Å². The molecular weight excluding hydrogens is 496 g/mol. The van der Waals surface area contributed by atoms with E-state index in [1.807, 2.05) is 0 Å². The molecule has 35 heavy (non-hydrogen) atoms. The van der Waals surface area contributed by atoms with Gasteiger partial charge in [0.25, 0.3) is 5.69 Å². The maximum atomic E-state index is 13.5. The van der Waals surface area contributed by atoms with Gasteiger partial charge in [-0.05, 0) is 45.4 Å². The summed E-state index contributed by atoms with van der Waals surface area (Å²) in [6.45, 7) is 6.21. The Balaban J connectivity index is 2.46. The SMILES string of the molecule is CC(C(=O)NC(C)(C)C)N(Cc1ccccc1Cl)C(=O)CN(c1cccc([N+](=O)[O-])c1)S(C)(=O)=O. The second kappa shape index (κ2) is 11.0. The number of hydrogen-bond donors (Lipinski definition) is 1. The number of sulfonamides is 1. The summed E-state index contributed by atoms with van der Waals surface area (Å²) in [7, 11) is -4.01. The van der Waals surface area contributed by atoms with E-state index in [2.05, 4.69) is 5.32 Å². The molecule has 12 heteroatoms. The smallest absolute Gasteiger partial charge is 0.271 e. The molecule has 0 fully saturated rings. The number of halogens is 1. The second-order valence-corrected chi connectivity index (χ2v) is 11.4. The number of non-ortho nitro benzene ring substituents is 1. The number of nitro benzene ring substituents is 1. The van der Waals surface area contributed by atoms with Gasteiger partial charge in [0, 0.05) is 29.2 Å². The minimum atomic E-state index is -4.01. The normalized spacial score (nSPS) is 12.5. The van der Waals surface area contributed by atoms with Crippen molar-refractivity contribution < 1.29 is 22.9 Å². The average Bonchev–Trinajstić information content (AvgIpc) is 2.74. The molecule has 0 heterocycles. The Labute approximate surface area is 210 Å². The van der Waals surface area contributed by atoms with Gasteiger partial charge < -0.3 is 10.2 Å². The lowest BCUT2D eigenvalue weighted by Crippen LogP contribution is -2.54. The summed E-state index contributed by atoms with van der Waals surface area (Å²) in [5, 5.41) is 14.4. The van der Waals surface area contributed by atoms with E-state index in [1.54, 1.807) is 45.0 Å². The van der Waals surface area contributed by atoms with Crippen LogP contribution < -0.4 is 9.62 Å². The summed E-state index contributed by atoms with van der Waals surface area (Å²) >= 11 is 6.28. The first-order chi connectivity index (χ1) is 16.1. The first kappa shape index (κ1) is 28.1. The third-order valence-corrected chi connectivity index (χ3v) is 6.48. The van der Waals surface area contributed by atoms with Crippen LogP contribution in [0.5, 0.6) is 0 Å². The van der Waals surface area contributed by atoms with Gasteiger partial charge >= 0.3 is 0 Å². The summed E-state index contributed by atoms with van der Waals surface area (Å²) in [5.74, 6) is -1.11. The highest BCUT2D eigenvalue weighted by molar-refractivity contribution is 7.92. The lowest BCUT2D eigenvalue weighted by atomic mass is 10.1. The fraction of sp³-hybridized carbons (Fsp3) is 0.391. The zero-order valence-corrected chi connectivity index (χ0v) is 21.8. The van der Waals surface area contributed by atoms with Crippen LogP contribution in [0.25, 0.3) is 0 Å². The number of carbonyl (C=O) groups excluding carboxylic acids is 2. The van der Waals surface area contributed by atoms with Crippen molar-refractivity contribution in [3.05, 3.63) is 69.2 Å². The fourth-order valence-corrected chi connectivity index (χ4v) is 4.28. The van der Waals surface area contributed by atoms with Crippen LogP contribution in [0.15, 0.2) is 48.5 Å². The molecule has 0 bridgehead atoms. The van der Waals surface area contributed by atoms with Crippen LogP contribution in [0.4, 0.5) is 11.4 Å². The third kappa shape index (κ3) is 7.93. The van der Waals surface area contributed by atoms with Crippen LogP contribution in [0, 0.1) is 10.1 Å². The number of hydrogen-bond acceptors (Lipinski definition) is 6. The maximum Gasteiger partial charge on any atom is 0.271 e. The van der Waals surface area contributed by atoms with Crippen LogP contribution in [0.3, 0.4) is 0 Å². The van der Waals surface area contributed by atoms with Crippen LogP contribution >= 0.6 is 11.6 Å². The van der Waals surface area contributed by atoms with Gasteiger partial charge in [-0.15, -0.1) is 0 Å². The minimum absolute atomic E-state index is 0.0421. The number of nitrogens with one attached hydrogen (secondary N) is 1. The lowest BCUT2D eigenvalue weighted by molar-refractivity contribution is -0.384. The molecule has 2 rings (SSSR count). The van der Waals surface area contributed by atoms with E-state index in [0.717, 1.165) is 16.6 Å². The zero-order valence-electron chi connectivity index (χ0n) is 20.2. The molecule has 1 unspecified atom stereocenters. The number of carbonyl (C=O) groups is 2. The summed E-state index contributed by atoms with van der Waals surface area (Å²) in [4.78, 5) is 38.1. The summed E-state index contributed by atoms with van der Waals surface area (Å²) in [5.41, 5.74) is -0.361. The molecule has 0 spiro atoms. The Morgan fingerprint density at radius 2 is 1.77 bits per heavy atom. The molecule has 1 atom stereocenters. The number of nitrogens with zero attached hydrogens (tertiary/aromatic N) is 3. The van der Waals surface area contributed by atoms with Gasteiger partial charge in [0.1, 0.15) is 12.6 Å². The van der Waals surface area contributed by atoms with E-state index in [4.69, 9.17) is 11.6 Å². The molecule has 10 nitrogen and oxygen atoms in total. The van der Waals surface area contributed by atoms with Gasteiger partial charge in [0.15, 0.2) is 0 Å². The van der Waals surface area contributed by atoms with Gasteiger partial charge in [-0.1, -0.05) is 35.9 Å². The van der Waals surface area contributed by atoms with Gasteiger partial charge in [0.05, 0.1) is 16.9 Å². The van der Waals surface area contributed by atoms with Crippen molar-refractivity contribution >= 4 is 44.8 Å². The highest BCUT2D eigenvalue weighted by atomic mass is 35.5. The molecule has 0 saturated carbocycles. The Hall–Kier alpha value is -3.18. The van der Waals surface area contributed by atoms with E-state index in [1.165, 1.54) is 30.0 Å². The molecule has 2 amide bonds. The first-order valence-electron chi connectivity index (χ1n) is 10.7. The first-order valence-corrected chi connectivity index (χ1v) is 12.9. The van der Waals surface area contributed by atoms with Gasteiger partial charge in [-0.2, -0.15) is 0 Å². The summed E-state index contributed by atoms with van der Waals surface area (Å²) in [6, 6.07) is 10.8. The predicted molar refractivity (Wildman–Crippen MR) is 135 cm³/mol. The van der Waals surface area contributed by atoms with Gasteiger partial charge in [0.2, 0.25) is 21.8 Å². The number of benzene rings is 2. The molecule has 2 aromatic carbocycles. The Morgan fingerprint density at radius 1 is 1.14 bits per heavy atom. The highest BCUT2D eigenvalue weighted by Crippen LogP contribution is 2.24. The fourth-order valence-electron chi connectivity index (χ4n) is 3.24. The van der Waals surface area contributed by atoms with E-state index >= 15 is 0 Å².